The van der Waals surface area contributed by atoms with Crippen LogP contribution in [0.2, 0.25) is 0 Å². The number of hydrogen-bond acceptors (Lipinski definition) is 3. The van der Waals surface area contributed by atoms with Crippen molar-refractivity contribution in [1.82, 2.24) is 4.57 Å². The molecule has 0 aliphatic heterocycles. The number of aromatic nitrogens is 1. The molecular formula is C16H11N3O2. The highest BCUT2D eigenvalue weighted by atomic mass is 16.6. The third-order valence-electron chi connectivity index (χ3n) is 3.41. The van der Waals surface area contributed by atoms with Crippen molar-refractivity contribution >= 4 is 16.6 Å². The van der Waals surface area contributed by atoms with Gasteiger partial charge in [-0.05, 0) is 11.6 Å². The number of hydrogen-bond donors (Lipinski definition) is 0. The van der Waals surface area contributed by atoms with Crippen molar-refractivity contribution in [1.29, 1.82) is 5.26 Å². The Morgan fingerprint density at radius 1 is 1.14 bits per heavy atom. The number of rotatable bonds is 3. The lowest BCUT2D eigenvalue weighted by molar-refractivity contribution is -0.384. The summed E-state index contributed by atoms with van der Waals surface area (Å²) in [4.78, 5) is 10.2. The number of nitrogens with zero attached hydrogens (tertiary/aromatic N) is 3. The maximum atomic E-state index is 10.7. The molecule has 1 aromatic heterocycles. The van der Waals surface area contributed by atoms with Crippen LogP contribution in [0.1, 0.15) is 11.1 Å². The van der Waals surface area contributed by atoms with Crippen LogP contribution in [0.15, 0.2) is 54.7 Å². The van der Waals surface area contributed by atoms with Crippen LogP contribution in [0, 0.1) is 21.4 Å². The Kier molecular flexibility index (Phi) is 3.13. The first-order valence-electron chi connectivity index (χ1n) is 6.40. The lowest BCUT2D eigenvalue weighted by atomic mass is 10.2. The molecule has 0 saturated heterocycles. The number of para-hydroxylation sites is 1. The molecule has 0 atom stereocenters. The second-order valence-corrected chi connectivity index (χ2v) is 4.72. The average molecular weight is 277 g/mol. The van der Waals surface area contributed by atoms with Crippen LogP contribution < -0.4 is 0 Å². The van der Waals surface area contributed by atoms with Crippen molar-refractivity contribution in [3.05, 3.63) is 76.0 Å². The Morgan fingerprint density at radius 2 is 1.86 bits per heavy atom. The van der Waals surface area contributed by atoms with Crippen LogP contribution >= 0.6 is 0 Å². The Morgan fingerprint density at radius 3 is 2.52 bits per heavy atom. The predicted molar refractivity (Wildman–Crippen MR) is 78.9 cm³/mol. The monoisotopic (exact) mass is 277 g/mol. The molecule has 1 heterocycles. The van der Waals surface area contributed by atoms with E-state index in [1.807, 2.05) is 35.0 Å². The van der Waals surface area contributed by atoms with E-state index in [2.05, 4.69) is 6.07 Å². The SMILES string of the molecule is N#Cc1cn(Cc2ccc([N+](=O)[O-])cc2)c2ccccc12. The fourth-order valence-electron chi connectivity index (χ4n) is 2.39. The summed E-state index contributed by atoms with van der Waals surface area (Å²) in [5, 5.41) is 20.7. The molecule has 0 amide bonds. The standard InChI is InChI=1S/C16H11N3O2/c17-9-13-11-18(16-4-2-1-3-15(13)16)10-12-5-7-14(8-6-12)19(20)21/h1-8,11H,10H2. The molecule has 102 valence electrons. The summed E-state index contributed by atoms with van der Waals surface area (Å²) in [6.45, 7) is 0.570. The largest absolute Gasteiger partial charge is 0.342 e. The van der Waals surface area contributed by atoms with Gasteiger partial charge in [0, 0.05) is 35.8 Å². The van der Waals surface area contributed by atoms with Crippen LogP contribution in [0.3, 0.4) is 0 Å². The molecular weight excluding hydrogens is 266 g/mol. The van der Waals surface area contributed by atoms with Crippen LogP contribution in [0.5, 0.6) is 0 Å². The summed E-state index contributed by atoms with van der Waals surface area (Å²) in [5.74, 6) is 0. The van der Waals surface area contributed by atoms with E-state index in [1.54, 1.807) is 12.1 Å². The van der Waals surface area contributed by atoms with Gasteiger partial charge in [-0.3, -0.25) is 10.1 Å². The minimum atomic E-state index is -0.414. The van der Waals surface area contributed by atoms with Gasteiger partial charge in [0.15, 0.2) is 0 Å². The average Bonchev–Trinajstić information content (AvgIpc) is 2.86. The number of non-ortho nitro benzene ring substituents is 1. The summed E-state index contributed by atoms with van der Waals surface area (Å²) in [7, 11) is 0. The molecule has 3 aromatic rings. The van der Waals surface area contributed by atoms with Gasteiger partial charge in [0.05, 0.1) is 10.5 Å². The fraction of sp³-hybridized carbons (Fsp3) is 0.0625. The third-order valence-corrected chi connectivity index (χ3v) is 3.41. The summed E-state index contributed by atoms with van der Waals surface area (Å²) < 4.78 is 1.98. The van der Waals surface area contributed by atoms with Crippen molar-refractivity contribution < 1.29 is 4.92 Å². The molecule has 0 spiro atoms. The smallest absolute Gasteiger partial charge is 0.269 e. The van der Waals surface area contributed by atoms with E-state index < -0.39 is 4.92 Å². The molecule has 0 aliphatic rings. The van der Waals surface area contributed by atoms with Gasteiger partial charge in [0.2, 0.25) is 0 Å². The van der Waals surface area contributed by atoms with Crippen molar-refractivity contribution in [2.75, 3.05) is 0 Å². The molecule has 0 unspecified atom stereocenters. The zero-order valence-corrected chi connectivity index (χ0v) is 11.1. The van der Waals surface area contributed by atoms with E-state index >= 15 is 0 Å². The highest BCUT2D eigenvalue weighted by Crippen LogP contribution is 2.22. The molecule has 0 bridgehead atoms. The lowest BCUT2D eigenvalue weighted by Crippen LogP contribution is -1.98. The zero-order valence-electron chi connectivity index (χ0n) is 11.1. The fourth-order valence-corrected chi connectivity index (χ4v) is 2.39. The van der Waals surface area contributed by atoms with E-state index in [9.17, 15) is 15.4 Å². The molecule has 0 saturated carbocycles. The van der Waals surface area contributed by atoms with Gasteiger partial charge < -0.3 is 4.57 Å². The molecule has 0 fully saturated rings. The van der Waals surface area contributed by atoms with Crippen LogP contribution in [0.4, 0.5) is 5.69 Å². The minimum Gasteiger partial charge on any atom is -0.342 e. The molecule has 5 nitrogen and oxygen atoms in total. The maximum absolute atomic E-state index is 10.7. The quantitative estimate of drug-likeness (QED) is 0.543. The van der Waals surface area contributed by atoms with E-state index in [0.717, 1.165) is 16.5 Å². The van der Waals surface area contributed by atoms with Gasteiger partial charge >= 0.3 is 0 Å². The normalized spacial score (nSPS) is 10.4. The Labute approximate surface area is 120 Å². The van der Waals surface area contributed by atoms with Gasteiger partial charge in [0.1, 0.15) is 6.07 Å². The number of benzene rings is 2. The molecule has 0 N–H and O–H groups in total. The highest BCUT2D eigenvalue weighted by molar-refractivity contribution is 5.86. The Hall–Kier alpha value is -3.13. The minimum absolute atomic E-state index is 0.0776. The number of nitriles is 1. The second-order valence-electron chi connectivity index (χ2n) is 4.72. The number of nitro groups is 1. The van der Waals surface area contributed by atoms with Crippen LogP contribution in [0.25, 0.3) is 10.9 Å². The van der Waals surface area contributed by atoms with Gasteiger partial charge in [-0.25, -0.2) is 0 Å². The van der Waals surface area contributed by atoms with Crippen molar-refractivity contribution in [2.45, 2.75) is 6.54 Å². The van der Waals surface area contributed by atoms with Crippen LogP contribution in [-0.2, 0) is 6.54 Å². The van der Waals surface area contributed by atoms with E-state index in [0.29, 0.717) is 12.1 Å². The topological polar surface area (TPSA) is 71.9 Å². The van der Waals surface area contributed by atoms with Gasteiger partial charge in [0.25, 0.3) is 5.69 Å². The maximum Gasteiger partial charge on any atom is 0.269 e. The number of fused-ring (bicyclic) bond motifs is 1. The Balaban J connectivity index is 1.98. The van der Waals surface area contributed by atoms with E-state index in [4.69, 9.17) is 0 Å². The summed E-state index contributed by atoms with van der Waals surface area (Å²) in [6.07, 6.45) is 1.81. The van der Waals surface area contributed by atoms with Gasteiger partial charge in [-0.1, -0.05) is 30.3 Å². The molecule has 3 rings (SSSR count). The summed E-state index contributed by atoms with van der Waals surface area (Å²) in [6, 6.07) is 16.4. The van der Waals surface area contributed by atoms with Crippen molar-refractivity contribution in [3.8, 4) is 6.07 Å². The molecule has 21 heavy (non-hydrogen) atoms. The van der Waals surface area contributed by atoms with Gasteiger partial charge in [-0.15, -0.1) is 0 Å². The van der Waals surface area contributed by atoms with Crippen LogP contribution in [-0.4, -0.2) is 9.49 Å². The van der Waals surface area contributed by atoms with Crippen molar-refractivity contribution in [2.24, 2.45) is 0 Å². The number of nitro benzene ring substituents is 1. The molecule has 0 radical (unpaired) electrons. The second kappa shape index (κ2) is 5.10. The predicted octanol–water partition coefficient (Wildman–Crippen LogP) is 3.47. The van der Waals surface area contributed by atoms with Gasteiger partial charge in [-0.2, -0.15) is 5.26 Å². The third kappa shape index (κ3) is 2.35. The lowest BCUT2D eigenvalue weighted by Gasteiger charge is -2.05. The first-order chi connectivity index (χ1) is 10.2. The molecule has 0 aliphatic carbocycles. The van der Waals surface area contributed by atoms with E-state index in [1.165, 1.54) is 12.1 Å². The summed E-state index contributed by atoms with van der Waals surface area (Å²) >= 11 is 0. The Bertz CT molecular complexity index is 857. The summed E-state index contributed by atoms with van der Waals surface area (Å²) in [5.41, 5.74) is 2.64. The van der Waals surface area contributed by atoms with Crippen molar-refractivity contribution in [3.63, 3.8) is 0 Å². The zero-order chi connectivity index (χ0) is 14.8. The highest BCUT2D eigenvalue weighted by Gasteiger charge is 2.09. The van der Waals surface area contributed by atoms with E-state index in [-0.39, 0.29) is 5.69 Å². The molecule has 5 heteroatoms. The first kappa shape index (κ1) is 12.9. The molecule has 2 aromatic carbocycles. The first-order valence-corrected chi connectivity index (χ1v) is 6.40.